The van der Waals surface area contributed by atoms with Crippen molar-refractivity contribution >= 4 is 10.4 Å². The molecule has 0 spiro atoms. The van der Waals surface area contributed by atoms with Crippen molar-refractivity contribution < 1.29 is 50.8 Å². The van der Waals surface area contributed by atoms with E-state index in [0.29, 0.717) is 26.4 Å². The summed E-state index contributed by atoms with van der Waals surface area (Å²) >= 11 is 0. The average molecular weight is 464 g/mol. The molecule has 0 radical (unpaired) electrons. The summed E-state index contributed by atoms with van der Waals surface area (Å²) in [6, 6.07) is 0. The standard InChI is InChI=1S/C18H38O7S.Zn/c1-2-3-4-5-6-7-8-9-10-11-12-22-13-14-23-15-16-24-17-18-25-26(19,20)21;/h2-18H2,1H3,(H,19,20,21);/q;+2. The molecule has 0 atom stereocenters. The monoisotopic (exact) mass is 462 g/mol. The van der Waals surface area contributed by atoms with Crippen LogP contribution in [0.15, 0.2) is 0 Å². The molecule has 0 amide bonds. The van der Waals surface area contributed by atoms with Crippen LogP contribution < -0.4 is 0 Å². The van der Waals surface area contributed by atoms with Gasteiger partial charge in [-0.3, -0.25) is 4.55 Å². The Morgan fingerprint density at radius 2 is 0.963 bits per heavy atom. The maximum absolute atomic E-state index is 10.3. The Balaban J connectivity index is 0. The van der Waals surface area contributed by atoms with Crippen LogP contribution in [0.1, 0.15) is 71.1 Å². The van der Waals surface area contributed by atoms with E-state index >= 15 is 0 Å². The molecule has 0 saturated heterocycles. The quantitative estimate of drug-likeness (QED) is 0.157. The molecule has 0 aromatic heterocycles. The van der Waals surface area contributed by atoms with Crippen LogP contribution >= 0.6 is 0 Å². The van der Waals surface area contributed by atoms with E-state index < -0.39 is 10.4 Å². The topological polar surface area (TPSA) is 91.3 Å². The average Bonchev–Trinajstić information content (AvgIpc) is 2.59. The first kappa shape index (κ1) is 29.6. The molecule has 9 heteroatoms. The van der Waals surface area contributed by atoms with Gasteiger partial charge in [0.15, 0.2) is 0 Å². The first-order chi connectivity index (χ1) is 12.6. The summed E-state index contributed by atoms with van der Waals surface area (Å²) < 4.78 is 48.9. The summed E-state index contributed by atoms with van der Waals surface area (Å²) in [4.78, 5) is 0. The van der Waals surface area contributed by atoms with Gasteiger partial charge in [0.2, 0.25) is 0 Å². The zero-order chi connectivity index (χ0) is 19.3. The molecular weight excluding hydrogens is 426 g/mol. The van der Waals surface area contributed by atoms with Crippen molar-refractivity contribution in [1.29, 1.82) is 0 Å². The van der Waals surface area contributed by atoms with Gasteiger partial charge in [0.25, 0.3) is 0 Å². The van der Waals surface area contributed by atoms with Crippen LogP contribution in [0, 0.1) is 0 Å². The van der Waals surface area contributed by atoms with Crippen LogP contribution in [0.2, 0.25) is 0 Å². The molecule has 0 aromatic carbocycles. The molecule has 158 valence electrons. The molecule has 0 aliphatic carbocycles. The molecule has 0 fully saturated rings. The van der Waals surface area contributed by atoms with E-state index in [1.165, 1.54) is 57.8 Å². The minimum atomic E-state index is -4.38. The minimum absolute atomic E-state index is 0. The fraction of sp³-hybridized carbons (Fsp3) is 1.00. The molecule has 1 N–H and O–H groups in total. The number of unbranched alkanes of at least 4 members (excludes halogenated alkanes) is 9. The fourth-order valence-corrected chi connectivity index (χ4v) is 2.71. The van der Waals surface area contributed by atoms with Crippen molar-refractivity contribution in [3.63, 3.8) is 0 Å². The van der Waals surface area contributed by atoms with E-state index in [9.17, 15) is 8.42 Å². The van der Waals surface area contributed by atoms with Gasteiger partial charge in [-0.2, -0.15) is 8.42 Å². The maximum atomic E-state index is 10.3. The second kappa shape index (κ2) is 22.7. The Bertz CT molecular complexity index is 380. The molecule has 7 nitrogen and oxygen atoms in total. The van der Waals surface area contributed by atoms with Gasteiger partial charge in [-0.1, -0.05) is 64.7 Å². The van der Waals surface area contributed by atoms with E-state index in [0.717, 1.165) is 13.0 Å². The Hall–Kier alpha value is 0.373. The van der Waals surface area contributed by atoms with E-state index in [1.54, 1.807) is 0 Å². The third-order valence-corrected chi connectivity index (χ3v) is 4.31. The van der Waals surface area contributed by atoms with Gasteiger partial charge in [0, 0.05) is 6.61 Å². The van der Waals surface area contributed by atoms with Gasteiger partial charge in [-0.05, 0) is 6.42 Å². The van der Waals surface area contributed by atoms with Gasteiger partial charge in [-0.15, -0.1) is 0 Å². The Morgan fingerprint density at radius 3 is 1.41 bits per heavy atom. The second-order valence-electron chi connectivity index (χ2n) is 6.27. The summed E-state index contributed by atoms with van der Waals surface area (Å²) in [6.07, 6.45) is 13.2. The Labute approximate surface area is 178 Å². The van der Waals surface area contributed by atoms with Crippen molar-refractivity contribution in [3.05, 3.63) is 0 Å². The van der Waals surface area contributed by atoms with Crippen molar-refractivity contribution in [3.8, 4) is 0 Å². The number of hydrogen-bond acceptors (Lipinski definition) is 6. The van der Waals surface area contributed by atoms with Crippen LogP contribution in [0.3, 0.4) is 0 Å². The van der Waals surface area contributed by atoms with Crippen LogP contribution in [0.4, 0.5) is 0 Å². The zero-order valence-electron chi connectivity index (χ0n) is 17.0. The molecule has 27 heavy (non-hydrogen) atoms. The predicted octanol–water partition coefficient (Wildman–Crippen LogP) is 3.77. The molecular formula is C18H38O7SZn+2. The first-order valence-corrected chi connectivity index (χ1v) is 11.3. The summed E-state index contributed by atoms with van der Waals surface area (Å²) in [5, 5.41) is 0. The Morgan fingerprint density at radius 1 is 0.593 bits per heavy atom. The smallest absolute Gasteiger partial charge is 0.379 e. The summed E-state index contributed by atoms with van der Waals surface area (Å²) in [6.45, 7) is 4.74. The molecule has 0 aromatic rings. The SMILES string of the molecule is CCCCCCCCCCCCOCCOCCOCCOS(=O)(=O)O.[Zn+2]. The van der Waals surface area contributed by atoms with Crippen molar-refractivity contribution in [2.45, 2.75) is 71.1 Å². The first-order valence-electron chi connectivity index (χ1n) is 9.91. The number of rotatable bonds is 21. The zero-order valence-corrected chi connectivity index (χ0v) is 20.8. The van der Waals surface area contributed by atoms with Gasteiger partial charge < -0.3 is 14.2 Å². The molecule has 0 aliphatic rings. The summed E-state index contributed by atoms with van der Waals surface area (Å²) in [5.41, 5.74) is 0. The Kier molecular flexibility index (Phi) is 24.8. The molecule has 0 unspecified atom stereocenters. The van der Waals surface area contributed by atoms with Gasteiger partial charge in [-0.25, -0.2) is 4.18 Å². The van der Waals surface area contributed by atoms with Crippen molar-refractivity contribution in [1.82, 2.24) is 0 Å². The van der Waals surface area contributed by atoms with Crippen LogP contribution in [-0.4, -0.2) is 59.2 Å². The van der Waals surface area contributed by atoms with E-state index in [4.69, 9.17) is 18.8 Å². The van der Waals surface area contributed by atoms with E-state index in [1.807, 2.05) is 0 Å². The second-order valence-corrected chi connectivity index (χ2v) is 7.36. The molecule has 0 rings (SSSR count). The van der Waals surface area contributed by atoms with Crippen LogP contribution in [0.25, 0.3) is 0 Å². The van der Waals surface area contributed by atoms with Crippen LogP contribution in [0.5, 0.6) is 0 Å². The third-order valence-electron chi connectivity index (χ3n) is 3.85. The fourth-order valence-electron chi connectivity index (χ4n) is 2.43. The molecule has 0 saturated carbocycles. The summed E-state index contributed by atoms with van der Waals surface area (Å²) in [7, 11) is -4.38. The minimum Gasteiger partial charge on any atom is -0.379 e. The third kappa shape index (κ3) is 28.7. The van der Waals surface area contributed by atoms with Gasteiger partial charge in [0.1, 0.15) is 0 Å². The predicted molar refractivity (Wildman–Crippen MR) is 102 cm³/mol. The normalized spacial score (nSPS) is 11.5. The van der Waals surface area contributed by atoms with Crippen molar-refractivity contribution in [2.24, 2.45) is 0 Å². The number of ether oxygens (including phenoxy) is 3. The van der Waals surface area contributed by atoms with Crippen LogP contribution in [-0.2, 0) is 48.3 Å². The molecule has 0 bridgehead atoms. The van der Waals surface area contributed by atoms with Gasteiger partial charge in [0.05, 0.1) is 39.6 Å². The van der Waals surface area contributed by atoms with Gasteiger partial charge >= 0.3 is 29.9 Å². The number of hydrogen-bond donors (Lipinski definition) is 1. The molecule has 0 aliphatic heterocycles. The van der Waals surface area contributed by atoms with E-state index in [-0.39, 0.29) is 32.7 Å². The largest absolute Gasteiger partial charge is 2.00 e. The van der Waals surface area contributed by atoms with Crippen molar-refractivity contribution in [2.75, 3.05) is 46.2 Å². The maximum Gasteiger partial charge on any atom is 2.00 e. The summed E-state index contributed by atoms with van der Waals surface area (Å²) in [5.74, 6) is 0. The van der Waals surface area contributed by atoms with E-state index in [2.05, 4.69) is 11.1 Å². The molecule has 0 heterocycles.